The molecule has 0 aliphatic rings. The van der Waals surface area contributed by atoms with Crippen LogP contribution in [-0.4, -0.2) is 31.6 Å². The van der Waals surface area contributed by atoms with Crippen molar-refractivity contribution in [2.45, 2.75) is 13.3 Å². The zero-order valence-corrected chi connectivity index (χ0v) is 9.78. The van der Waals surface area contributed by atoms with Gasteiger partial charge in [-0.15, -0.1) is 5.10 Å². The Labute approximate surface area is 103 Å². The summed E-state index contributed by atoms with van der Waals surface area (Å²) in [5, 5.41) is 27.4. The summed E-state index contributed by atoms with van der Waals surface area (Å²) in [6, 6.07) is 4.79. The summed E-state index contributed by atoms with van der Waals surface area (Å²) in [6.07, 6.45) is 1.96. The Hall–Kier alpha value is -2.28. The molecule has 1 heterocycles. The van der Waals surface area contributed by atoms with Gasteiger partial charge in [0.2, 0.25) is 0 Å². The van der Waals surface area contributed by atoms with Gasteiger partial charge in [0, 0.05) is 19.1 Å². The van der Waals surface area contributed by atoms with Crippen molar-refractivity contribution in [1.29, 1.82) is 0 Å². The van der Waals surface area contributed by atoms with Crippen molar-refractivity contribution in [3.05, 3.63) is 45.8 Å². The Kier molecular flexibility index (Phi) is 3.33. The number of aryl methyl sites for hydroxylation is 1. The molecule has 1 N–H and O–H groups in total. The maximum Gasteiger partial charge on any atom is 0.294 e. The number of aliphatic hydroxyl groups excluding tert-OH is 1. The van der Waals surface area contributed by atoms with E-state index in [1.165, 1.54) is 10.7 Å². The summed E-state index contributed by atoms with van der Waals surface area (Å²) in [5.74, 6) is 0. The third kappa shape index (κ3) is 2.35. The smallest absolute Gasteiger partial charge is 0.294 e. The first-order valence-corrected chi connectivity index (χ1v) is 5.39. The fourth-order valence-corrected chi connectivity index (χ4v) is 1.62. The minimum atomic E-state index is -0.456. The number of benzene rings is 1. The van der Waals surface area contributed by atoms with Gasteiger partial charge in [0.15, 0.2) is 0 Å². The van der Waals surface area contributed by atoms with E-state index >= 15 is 0 Å². The minimum Gasteiger partial charge on any atom is -0.396 e. The summed E-state index contributed by atoms with van der Waals surface area (Å²) < 4.78 is 1.36. The van der Waals surface area contributed by atoms with Crippen LogP contribution in [0, 0.1) is 17.0 Å². The molecule has 0 unspecified atom stereocenters. The fourth-order valence-electron chi connectivity index (χ4n) is 1.62. The van der Waals surface area contributed by atoms with Crippen LogP contribution >= 0.6 is 0 Å². The summed E-state index contributed by atoms with van der Waals surface area (Å²) >= 11 is 0. The van der Waals surface area contributed by atoms with Crippen LogP contribution in [0.5, 0.6) is 0 Å². The normalized spacial score (nSPS) is 10.6. The largest absolute Gasteiger partial charge is 0.396 e. The lowest BCUT2D eigenvalue weighted by Crippen LogP contribution is -2.01. The highest BCUT2D eigenvalue weighted by Gasteiger charge is 2.16. The summed E-state index contributed by atoms with van der Waals surface area (Å²) in [5.41, 5.74) is 1.83. The third-order valence-electron chi connectivity index (χ3n) is 2.48. The number of hydrogen-bond acceptors (Lipinski definition) is 5. The lowest BCUT2D eigenvalue weighted by molar-refractivity contribution is -0.384. The summed E-state index contributed by atoms with van der Waals surface area (Å²) in [4.78, 5) is 10.5. The average molecular weight is 248 g/mol. The van der Waals surface area contributed by atoms with Gasteiger partial charge in [-0.1, -0.05) is 11.3 Å². The van der Waals surface area contributed by atoms with Crippen LogP contribution in [0.3, 0.4) is 0 Å². The van der Waals surface area contributed by atoms with Crippen LogP contribution < -0.4 is 0 Å². The molecule has 0 atom stereocenters. The molecule has 0 radical (unpaired) electrons. The molecule has 0 fully saturated rings. The van der Waals surface area contributed by atoms with E-state index in [2.05, 4.69) is 10.3 Å². The molecule has 1 aromatic heterocycles. The van der Waals surface area contributed by atoms with E-state index in [-0.39, 0.29) is 12.3 Å². The number of aromatic nitrogens is 3. The van der Waals surface area contributed by atoms with Gasteiger partial charge in [0.1, 0.15) is 5.69 Å². The van der Waals surface area contributed by atoms with E-state index in [0.717, 1.165) is 5.56 Å². The van der Waals surface area contributed by atoms with Crippen molar-refractivity contribution in [3.63, 3.8) is 0 Å². The molecule has 0 aliphatic heterocycles. The van der Waals surface area contributed by atoms with Crippen LogP contribution in [-0.2, 0) is 6.42 Å². The zero-order chi connectivity index (χ0) is 13.1. The first-order chi connectivity index (χ1) is 8.61. The number of nitro benzene ring substituents is 1. The second-order valence-corrected chi connectivity index (χ2v) is 3.88. The Morgan fingerprint density at radius 2 is 2.28 bits per heavy atom. The van der Waals surface area contributed by atoms with E-state index in [1.807, 2.05) is 6.92 Å². The van der Waals surface area contributed by atoms with E-state index in [1.54, 1.807) is 18.3 Å². The molecule has 0 saturated heterocycles. The third-order valence-corrected chi connectivity index (χ3v) is 2.48. The van der Waals surface area contributed by atoms with Gasteiger partial charge in [-0.05, 0) is 18.6 Å². The molecule has 7 heteroatoms. The lowest BCUT2D eigenvalue weighted by atomic mass is 10.2. The molecular weight excluding hydrogens is 236 g/mol. The van der Waals surface area contributed by atoms with Crippen LogP contribution in [0.15, 0.2) is 24.4 Å². The second-order valence-electron chi connectivity index (χ2n) is 3.88. The van der Waals surface area contributed by atoms with Crippen molar-refractivity contribution >= 4 is 5.69 Å². The van der Waals surface area contributed by atoms with Gasteiger partial charge >= 0.3 is 0 Å². The molecule has 2 aromatic rings. The number of hydrogen-bond donors (Lipinski definition) is 1. The van der Waals surface area contributed by atoms with Gasteiger partial charge in [-0.2, -0.15) is 0 Å². The van der Waals surface area contributed by atoms with Gasteiger partial charge in [0.05, 0.1) is 16.8 Å². The summed E-state index contributed by atoms with van der Waals surface area (Å²) in [7, 11) is 0. The number of nitro groups is 1. The first-order valence-electron chi connectivity index (χ1n) is 5.39. The van der Waals surface area contributed by atoms with E-state index in [0.29, 0.717) is 17.8 Å². The average Bonchev–Trinajstić information content (AvgIpc) is 2.77. The van der Waals surface area contributed by atoms with Crippen LogP contribution in [0.25, 0.3) is 5.69 Å². The van der Waals surface area contributed by atoms with Crippen molar-refractivity contribution in [3.8, 4) is 5.69 Å². The zero-order valence-electron chi connectivity index (χ0n) is 9.78. The fraction of sp³-hybridized carbons (Fsp3) is 0.273. The predicted molar refractivity (Wildman–Crippen MR) is 63.5 cm³/mol. The number of nitrogens with zero attached hydrogens (tertiary/aromatic N) is 4. The molecule has 7 nitrogen and oxygen atoms in total. The van der Waals surface area contributed by atoms with E-state index in [4.69, 9.17) is 5.11 Å². The molecule has 2 rings (SSSR count). The summed E-state index contributed by atoms with van der Waals surface area (Å²) in [6.45, 7) is 1.81. The van der Waals surface area contributed by atoms with Gasteiger partial charge in [0.25, 0.3) is 5.69 Å². The Morgan fingerprint density at radius 3 is 2.94 bits per heavy atom. The van der Waals surface area contributed by atoms with Crippen molar-refractivity contribution < 1.29 is 10.0 Å². The quantitative estimate of drug-likeness (QED) is 0.643. The van der Waals surface area contributed by atoms with Gasteiger partial charge in [-0.25, -0.2) is 4.68 Å². The molecule has 94 valence electrons. The molecule has 0 aliphatic carbocycles. The van der Waals surface area contributed by atoms with Crippen LogP contribution in [0.4, 0.5) is 5.69 Å². The Morgan fingerprint density at radius 1 is 1.50 bits per heavy atom. The Balaban J connectivity index is 2.47. The highest BCUT2D eigenvalue weighted by atomic mass is 16.6. The lowest BCUT2D eigenvalue weighted by Gasteiger charge is -2.02. The van der Waals surface area contributed by atoms with E-state index < -0.39 is 4.92 Å². The topological polar surface area (TPSA) is 94.1 Å². The monoisotopic (exact) mass is 248 g/mol. The van der Waals surface area contributed by atoms with Crippen LogP contribution in [0.2, 0.25) is 0 Å². The van der Waals surface area contributed by atoms with Crippen molar-refractivity contribution in [2.75, 3.05) is 6.61 Å². The maximum absolute atomic E-state index is 10.9. The maximum atomic E-state index is 10.9. The molecular formula is C11H12N4O3. The second kappa shape index (κ2) is 4.92. The molecule has 0 saturated carbocycles. The molecule has 0 spiro atoms. The predicted octanol–water partition coefficient (Wildman–Crippen LogP) is 1.02. The van der Waals surface area contributed by atoms with Gasteiger partial charge in [-0.3, -0.25) is 10.1 Å². The highest BCUT2D eigenvalue weighted by Crippen LogP contribution is 2.23. The molecule has 18 heavy (non-hydrogen) atoms. The molecule has 0 bridgehead atoms. The van der Waals surface area contributed by atoms with Crippen LogP contribution in [0.1, 0.15) is 11.3 Å². The molecule has 1 aromatic carbocycles. The standard InChI is InChI=1S/C11H12N4O3/c1-8-2-3-10(15(17)18)11(6-8)14-7-9(4-5-16)12-13-14/h2-3,6-7,16H,4-5H2,1H3. The van der Waals surface area contributed by atoms with Crippen molar-refractivity contribution in [1.82, 2.24) is 15.0 Å². The number of aliphatic hydroxyl groups is 1. The SMILES string of the molecule is Cc1ccc([N+](=O)[O-])c(-n2cc(CCO)nn2)c1. The minimum absolute atomic E-state index is 0.0268. The Bertz CT molecular complexity index is 579. The van der Waals surface area contributed by atoms with Gasteiger partial charge < -0.3 is 5.11 Å². The van der Waals surface area contributed by atoms with E-state index in [9.17, 15) is 10.1 Å². The first kappa shape index (κ1) is 12.2. The van der Waals surface area contributed by atoms with Crippen molar-refractivity contribution in [2.24, 2.45) is 0 Å². The molecule has 0 amide bonds. The highest BCUT2D eigenvalue weighted by molar-refractivity contribution is 5.53. The number of rotatable bonds is 4.